The lowest BCUT2D eigenvalue weighted by molar-refractivity contribution is 0.0679. The van der Waals surface area contributed by atoms with Crippen LogP contribution in [0.3, 0.4) is 0 Å². The number of hydrogen-bond acceptors (Lipinski definition) is 4. The van der Waals surface area contributed by atoms with E-state index in [1.807, 2.05) is 24.3 Å². The Labute approximate surface area is 173 Å². The number of carbonyl (C=O) groups is 1. The molecule has 1 amide bonds. The first-order valence-electron chi connectivity index (χ1n) is 10.7. The zero-order chi connectivity index (χ0) is 19.9. The Kier molecular flexibility index (Phi) is 6.80. The molecule has 2 aromatic rings. The number of carbonyl (C=O) groups excluding carboxylic acids is 1. The van der Waals surface area contributed by atoms with Crippen LogP contribution in [0.15, 0.2) is 48.5 Å². The van der Waals surface area contributed by atoms with Crippen molar-refractivity contribution < 1.29 is 14.3 Å². The van der Waals surface area contributed by atoms with E-state index >= 15 is 0 Å². The highest BCUT2D eigenvalue weighted by molar-refractivity contribution is 5.94. The fraction of sp³-hybridized carbons (Fsp3) is 0.458. The minimum absolute atomic E-state index is 0.0801. The molecule has 1 N–H and O–H groups in total. The normalized spacial score (nSPS) is 19.4. The lowest BCUT2D eigenvalue weighted by Crippen LogP contribution is -2.25. The van der Waals surface area contributed by atoms with Crippen LogP contribution in [0.5, 0.6) is 5.75 Å². The van der Waals surface area contributed by atoms with E-state index in [1.165, 1.54) is 37.1 Å². The van der Waals surface area contributed by atoms with Gasteiger partial charge in [0.1, 0.15) is 12.4 Å². The second kappa shape index (κ2) is 9.90. The second-order valence-electron chi connectivity index (χ2n) is 7.91. The Hall–Kier alpha value is -2.37. The topological polar surface area (TPSA) is 50.8 Å². The summed E-state index contributed by atoms with van der Waals surface area (Å²) in [5.74, 6) is 0.631. The highest BCUT2D eigenvalue weighted by atomic mass is 16.5. The van der Waals surface area contributed by atoms with Crippen molar-refractivity contribution in [1.82, 2.24) is 10.2 Å². The summed E-state index contributed by atoms with van der Waals surface area (Å²) in [6.07, 6.45) is 4.86. The van der Waals surface area contributed by atoms with Crippen LogP contribution in [-0.4, -0.2) is 43.2 Å². The van der Waals surface area contributed by atoms with Crippen molar-refractivity contribution >= 4 is 5.91 Å². The Morgan fingerprint density at radius 1 is 1.07 bits per heavy atom. The number of nitrogens with one attached hydrogen (secondary N) is 1. The summed E-state index contributed by atoms with van der Waals surface area (Å²) in [5, 5.41) is 3.07. The summed E-state index contributed by atoms with van der Waals surface area (Å²) in [6, 6.07) is 15.8. The van der Waals surface area contributed by atoms with Crippen LogP contribution < -0.4 is 10.1 Å². The molecule has 154 valence electrons. The largest absolute Gasteiger partial charge is 0.491 e. The number of likely N-dealkylation sites (tertiary alicyclic amines) is 1. The number of ether oxygens (including phenoxy) is 2. The van der Waals surface area contributed by atoms with Gasteiger partial charge in [-0.1, -0.05) is 30.3 Å². The Balaban J connectivity index is 1.33. The summed E-state index contributed by atoms with van der Waals surface area (Å²) in [5.41, 5.74) is 3.09. The third kappa shape index (κ3) is 5.58. The van der Waals surface area contributed by atoms with Crippen LogP contribution >= 0.6 is 0 Å². The van der Waals surface area contributed by atoms with Gasteiger partial charge < -0.3 is 14.8 Å². The summed E-state index contributed by atoms with van der Waals surface area (Å²) < 4.78 is 11.4. The van der Waals surface area contributed by atoms with E-state index in [4.69, 9.17) is 9.47 Å². The molecule has 2 heterocycles. The van der Waals surface area contributed by atoms with Crippen LogP contribution in [0.25, 0.3) is 0 Å². The quantitative estimate of drug-likeness (QED) is 0.741. The van der Waals surface area contributed by atoms with Gasteiger partial charge in [-0.15, -0.1) is 0 Å². The molecule has 2 saturated heterocycles. The Morgan fingerprint density at radius 3 is 2.69 bits per heavy atom. The zero-order valence-corrected chi connectivity index (χ0v) is 16.9. The van der Waals surface area contributed by atoms with Crippen molar-refractivity contribution in [2.45, 2.75) is 44.9 Å². The first-order chi connectivity index (χ1) is 14.3. The maximum atomic E-state index is 12.7. The number of amides is 1. The third-order valence-corrected chi connectivity index (χ3v) is 5.71. The van der Waals surface area contributed by atoms with Gasteiger partial charge in [0.2, 0.25) is 0 Å². The maximum absolute atomic E-state index is 12.7. The van der Waals surface area contributed by atoms with Gasteiger partial charge in [0, 0.05) is 25.3 Å². The molecule has 0 spiro atoms. The molecule has 0 aliphatic carbocycles. The molecule has 4 rings (SSSR count). The number of rotatable bonds is 8. The van der Waals surface area contributed by atoms with E-state index in [0.29, 0.717) is 24.5 Å². The average Bonchev–Trinajstić information content (AvgIpc) is 3.46. The first kappa shape index (κ1) is 19.9. The molecule has 0 radical (unpaired) electrons. The molecule has 0 bridgehead atoms. The molecule has 0 saturated carbocycles. The van der Waals surface area contributed by atoms with Crippen molar-refractivity contribution in [2.75, 3.05) is 26.3 Å². The molecular weight excluding hydrogens is 364 g/mol. The van der Waals surface area contributed by atoms with Gasteiger partial charge in [0.25, 0.3) is 5.91 Å². The molecule has 5 heteroatoms. The average molecular weight is 395 g/mol. The van der Waals surface area contributed by atoms with E-state index in [2.05, 4.69) is 28.4 Å². The van der Waals surface area contributed by atoms with Crippen LogP contribution in [0.1, 0.15) is 47.2 Å². The van der Waals surface area contributed by atoms with Crippen LogP contribution in [-0.2, 0) is 17.8 Å². The summed E-state index contributed by atoms with van der Waals surface area (Å²) in [4.78, 5) is 15.2. The molecule has 0 aromatic heterocycles. The Morgan fingerprint density at radius 2 is 1.90 bits per heavy atom. The highest BCUT2D eigenvalue weighted by Gasteiger charge is 2.17. The lowest BCUT2D eigenvalue weighted by Gasteiger charge is -2.18. The van der Waals surface area contributed by atoms with Crippen molar-refractivity contribution in [3.63, 3.8) is 0 Å². The number of benzene rings is 2. The number of nitrogens with zero attached hydrogens (tertiary/aromatic N) is 1. The molecule has 2 aliphatic rings. The SMILES string of the molecule is O=C(NCc1ccccc1CN1CCCC1)c1cccc(OCC2CCCO2)c1. The summed E-state index contributed by atoms with van der Waals surface area (Å²) in [7, 11) is 0. The van der Waals surface area contributed by atoms with Gasteiger partial charge in [-0.25, -0.2) is 0 Å². The van der Waals surface area contributed by atoms with Crippen molar-refractivity contribution in [1.29, 1.82) is 0 Å². The zero-order valence-electron chi connectivity index (χ0n) is 16.9. The van der Waals surface area contributed by atoms with Crippen molar-refractivity contribution in [3.05, 3.63) is 65.2 Å². The highest BCUT2D eigenvalue weighted by Crippen LogP contribution is 2.18. The molecule has 5 nitrogen and oxygen atoms in total. The molecule has 2 fully saturated rings. The predicted molar refractivity (Wildman–Crippen MR) is 113 cm³/mol. The predicted octanol–water partition coefficient (Wildman–Crippen LogP) is 3.77. The molecule has 2 aliphatic heterocycles. The van der Waals surface area contributed by atoms with Crippen LogP contribution in [0.2, 0.25) is 0 Å². The van der Waals surface area contributed by atoms with E-state index in [-0.39, 0.29) is 12.0 Å². The number of hydrogen-bond donors (Lipinski definition) is 1. The minimum Gasteiger partial charge on any atom is -0.491 e. The van der Waals surface area contributed by atoms with Crippen LogP contribution in [0.4, 0.5) is 0 Å². The van der Waals surface area contributed by atoms with Crippen molar-refractivity contribution in [2.24, 2.45) is 0 Å². The van der Waals surface area contributed by atoms with Gasteiger partial charge in [-0.3, -0.25) is 9.69 Å². The van der Waals surface area contributed by atoms with Gasteiger partial charge in [-0.2, -0.15) is 0 Å². The van der Waals surface area contributed by atoms with Crippen molar-refractivity contribution in [3.8, 4) is 5.75 Å². The smallest absolute Gasteiger partial charge is 0.251 e. The van der Waals surface area contributed by atoms with Gasteiger partial charge >= 0.3 is 0 Å². The summed E-state index contributed by atoms with van der Waals surface area (Å²) in [6.45, 7) is 5.17. The van der Waals surface area contributed by atoms with Crippen LogP contribution in [0, 0.1) is 0 Å². The maximum Gasteiger partial charge on any atom is 0.251 e. The minimum atomic E-state index is -0.0801. The fourth-order valence-corrected chi connectivity index (χ4v) is 4.04. The van der Waals surface area contributed by atoms with E-state index in [1.54, 1.807) is 6.07 Å². The standard InChI is InChI=1S/C24H30N2O3/c27-24(19-9-5-10-22(15-19)29-18-23-11-6-14-28-23)25-16-20-7-1-2-8-21(20)17-26-12-3-4-13-26/h1-2,5,7-10,15,23H,3-4,6,11-14,16-18H2,(H,25,27). The monoisotopic (exact) mass is 394 g/mol. The summed E-state index contributed by atoms with van der Waals surface area (Å²) >= 11 is 0. The third-order valence-electron chi connectivity index (χ3n) is 5.71. The Bertz CT molecular complexity index is 811. The second-order valence-corrected chi connectivity index (χ2v) is 7.91. The van der Waals surface area contributed by atoms with Gasteiger partial charge in [0.15, 0.2) is 0 Å². The first-order valence-corrected chi connectivity index (χ1v) is 10.7. The van der Waals surface area contributed by atoms with E-state index < -0.39 is 0 Å². The lowest BCUT2D eigenvalue weighted by atomic mass is 10.1. The van der Waals surface area contributed by atoms with Gasteiger partial charge in [0.05, 0.1) is 6.10 Å². The molecular formula is C24H30N2O3. The van der Waals surface area contributed by atoms with E-state index in [9.17, 15) is 4.79 Å². The van der Waals surface area contributed by atoms with Gasteiger partial charge in [-0.05, 0) is 68.1 Å². The molecule has 1 unspecified atom stereocenters. The van der Waals surface area contributed by atoms with E-state index in [0.717, 1.165) is 26.0 Å². The fourth-order valence-electron chi connectivity index (χ4n) is 4.04. The molecule has 29 heavy (non-hydrogen) atoms. The molecule has 1 atom stereocenters. The molecule has 2 aromatic carbocycles.